The normalized spacial score (nSPS) is 14.6. The van der Waals surface area contributed by atoms with Gasteiger partial charge in [0.15, 0.2) is 5.60 Å². The van der Waals surface area contributed by atoms with E-state index in [0.29, 0.717) is 5.57 Å². The molecule has 27 heavy (non-hydrogen) atoms. The molecule has 0 atom stereocenters. The summed E-state index contributed by atoms with van der Waals surface area (Å²) in [6, 6.07) is 21.9. The quantitative estimate of drug-likeness (QED) is 0.339. The zero-order valence-corrected chi connectivity index (χ0v) is 15.5. The fraction of sp³-hybridized carbons (Fsp3) is 0.0870. The fourth-order valence-corrected chi connectivity index (χ4v) is 4.88. The Hall–Kier alpha value is -2.98. The van der Waals surface area contributed by atoms with Crippen molar-refractivity contribution in [2.24, 2.45) is 0 Å². The molecule has 3 heterocycles. The molecular formula is C23H16O3S. The highest BCUT2D eigenvalue weighted by Gasteiger charge is 2.48. The van der Waals surface area contributed by atoms with E-state index in [4.69, 9.17) is 9.15 Å². The Kier molecular flexibility index (Phi) is 3.46. The molecule has 1 aliphatic heterocycles. The van der Waals surface area contributed by atoms with Gasteiger partial charge in [-0.15, -0.1) is 0 Å². The van der Waals surface area contributed by atoms with E-state index in [0.717, 1.165) is 37.6 Å². The molecule has 132 valence electrons. The fourth-order valence-electron chi connectivity index (χ4n) is 3.70. The van der Waals surface area contributed by atoms with Crippen LogP contribution in [0.3, 0.4) is 0 Å². The highest BCUT2D eigenvalue weighted by atomic mass is 32.2. The minimum absolute atomic E-state index is 0.362. The highest BCUT2D eigenvalue weighted by molar-refractivity contribution is 7.99. The molecule has 0 saturated carbocycles. The average molecular weight is 372 g/mol. The molecule has 0 unspecified atom stereocenters. The number of benzene rings is 3. The van der Waals surface area contributed by atoms with Crippen molar-refractivity contribution in [2.45, 2.75) is 22.3 Å². The monoisotopic (exact) mass is 372 g/mol. The first-order valence-corrected chi connectivity index (χ1v) is 9.49. The van der Waals surface area contributed by atoms with Crippen molar-refractivity contribution in [1.82, 2.24) is 0 Å². The van der Waals surface area contributed by atoms with Gasteiger partial charge in [-0.2, -0.15) is 0 Å². The van der Waals surface area contributed by atoms with Crippen molar-refractivity contribution in [3.05, 3.63) is 95.6 Å². The maximum atomic E-state index is 12.8. The van der Waals surface area contributed by atoms with Crippen LogP contribution in [-0.2, 0) is 15.1 Å². The summed E-state index contributed by atoms with van der Waals surface area (Å²) in [4.78, 5) is 14.9. The smallest absolute Gasteiger partial charge is 0.334 e. The second kappa shape index (κ2) is 5.76. The maximum absolute atomic E-state index is 12.8. The van der Waals surface area contributed by atoms with E-state index >= 15 is 0 Å². The lowest BCUT2D eigenvalue weighted by atomic mass is 9.79. The Balaban J connectivity index is 1.88. The second-order valence-electron chi connectivity index (χ2n) is 6.71. The van der Waals surface area contributed by atoms with Gasteiger partial charge in [-0.1, -0.05) is 54.7 Å². The van der Waals surface area contributed by atoms with Crippen LogP contribution in [0.25, 0.3) is 11.2 Å². The predicted octanol–water partition coefficient (Wildman–Crippen LogP) is 5.75. The third-order valence-electron chi connectivity index (χ3n) is 4.91. The zero-order chi connectivity index (χ0) is 18.6. The number of esters is 1. The minimum Gasteiger partial charge on any atom is -0.457 e. The van der Waals surface area contributed by atoms with Gasteiger partial charge in [0.1, 0.15) is 11.2 Å². The number of carbonyl (C=O) groups is 1. The summed E-state index contributed by atoms with van der Waals surface area (Å²) in [5.74, 6) is -0.426. The van der Waals surface area contributed by atoms with E-state index < -0.39 is 11.6 Å². The van der Waals surface area contributed by atoms with Crippen LogP contribution in [0.1, 0.15) is 23.6 Å². The standard InChI is InChI=1S/C23H16O3S/c1-14(2)22(24)26-23(18-13-15-11-12-19(18)25-15)16-7-3-5-9-20(16)27-21-10-6-4-8-17(21)23/h3-13H,1H2,2H3. The molecular weight excluding hydrogens is 356 g/mol. The number of fused-ring (bicyclic) bond motifs is 4. The maximum Gasteiger partial charge on any atom is 0.334 e. The lowest BCUT2D eigenvalue weighted by molar-refractivity contribution is -0.148. The summed E-state index contributed by atoms with van der Waals surface area (Å²) in [6.07, 6.45) is 0. The number of hydrogen-bond acceptors (Lipinski definition) is 4. The van der Waals surface area contributed by atoms with Crippen molar-refractivity contribution < 1.29 is 13.9 Å². The molecule has 0 aliphatic carbocycles. The number of furan rings is 2. The van der Waals surface area contributed by atoms with E-state index in [9.17, 15) is 4.79 Å². The molecule has 0 fully saturated rings. The van der Waals surface area contributed by atoms with Gasteiger partial charge >= 0.3 is 5.97 Å². The van der Waals surface area contributed by atoms with Crippen LogP contribution in [0.4, 0.5) is 0 Å². The summed E-state index contributed by atoms with van der Waals surface area (Å²) in [6.45, 7) is 5.45. The molecule has 1 aliphatic rings. The first-order chi connectivity index (χ1) is 13.1. The van der Waals surface area contributed by atoms with Crippen molar-refractivity contribution in [3.63, 3.8) is 0 Å². The van der Waals surface area contributed by atoms with Gasteiger partial charge in [-0.05, 0) is 37.3 Å². The SMILES string of the molecule is C=C(C)C(=O)OC1(c2cc3ccc2o3)c2ccccc2Sc2ccccc21. The third kappa shape index (κ3) is 2.26. The molecule has 0 radical (unpaired) electrons. The van der Waals surface area contributed by atoms with Crippen molar-refractivity contribution in [3.8, 4) is 0 Å². The lowest BCUT2D eigenvalue weighted by Gasteiger charge is -2.39. The average Bonchev–Trinajstić information content (AvgIpc) is 3.31. The molecule has 2 aromatic heterocycles. The van der Waals surface area contributed by atoms with Crippen molar-refractivity contribution >= 4 is 28.9 Å². The first kappa shape index (κ1) is 16.2. The zero-order valence-electron chi connectivity index (χ0n) is 14.7. The Bertz CT molecular complexity index is 1140. The molecule has 4 heteroatoms. The Morgan fingerprint density at radius 2 is 1.59 bits per heavy atom. The van der Waals surface area contributed by atoms with Crippen LogP contribution in [0.5, 0.6) is 0 Å². The molecule has 4 aromatic rings. The van der Waals surface area contributed by atoms with Crippen LogP contribution >= 0.6 is 11.8 Å². The highest BCUT2D eigenvalue weighted by Crippen LogP contribution is 2.54. The molecule has 0 N–H and O–H groups in total. The number of hydrogen-bond donors (Lipinski definition) is 0. The van der Waals surface area contributed by atoms with Crippen LogP contribution in [0, 0.1) is 0 Å². The van der Waals surface area contributed by atoms with E-state index in [1.54, 1.807) is 18.7 Å². The van der Waals surface area contributed by atoms with Gasteiger partial charge in [0.25, 0.3) is 0 Å². The van der Waals surface area contributed by atoms with Gasteiger partial charge < -0.3 is 9.15 Å². The van der Waals surface area contributed by atoms with Gasteiger partial charge in [-0.25, -0.2) is 4.79 Å². The minimum atomic E-state index is -1.07. The van der Waals surface area contributed by atoms with E-state index in [-0.39, 0.29) is 0 Å². The van der Waals surface area contributed by atoms with E-state index in [1.807, 2.05) is 54.6 Å². The molecule has 3 nitrogen and oxygen atoms in total. The Labute approximate surface area is 161 Å². The topological polar surface area (TPSA) is 39.4 Å². The number of ether oxygens (including phenoxy) is 1. The van der Waals surface area contributed by atoms with Crippen LogP contribution in [0.15, 0.2) is 93.1 Å². The molecule has 5 rings (SSSR count). The Morgan fingerprint density at radius 1 is 0.963 bits per heavy atom. The van der Waals surface area contributed by atoms with Gasteiger partial charge in [0.05, 0.1) is 5.56 Å². The summed E-state index contributed by atoms with van der Waals surface area (Å²) in [5, 5.41) is 0. The first-order valence-electron chi connectivity index (χ1n) is 8.68. The number of rotatable bonds is 3. The molecule has 2 bridgehead atoms. The summed E-state index contributed by atoms with van der Waals surface area (Å²) in [5.41, 5.74) is 3.49. The summed E-state index contributed by atoms with van der Waals surface area (Å²) >= 11 is 1.68. The lowest BCUT2D eigenvalue weighted by Crippen LogP contribution is -2.37. The third-order valence-corrected chi connectivity index (χ3v) is 6.06. The van der Waals surface area contributed by atoms with Gasteiger partial charge in [0, 0.05) is 26.5 Å². The number of carbonyl (C=O) groups excluding carboxylic acids is 1. The largest absolute Gasteiger partial charge is 0.457 e. The van der Waals surface area contributed by atoms with Crippen LogP contribution < -0.4 is 0 Å². The van der Waals surface area contributed by atoms with Crippen molar-refractivity contribution in [1.29, 1.82) is 0 Å². The van der Waals surface area contributed by atoms with Gasteiger partial charge in [-0.3, -0.25) is 0 Å². The molecule has 0 amide bonds. The second-order valence-corrected chi connectivity index (χ2v) is 7.79. The molecule has 0 spiro atoms. The summed E-state index contributed by atoms with van der Waals surface area (Å²) < 4.78 is 12.1. The predicted molar refractivity (Wildman–Crippen MR) is 105 cm³/mol. The molecule has 2 aromatic carbocycles. The van der Waals surface area contributed by atoms with Crippen LogP contribution in [-0.4, -0.2) is 5.97 Å². The Morgan fingerprint density at radius 3 is 2.11 bits per heavy atom. The van der Waals surface area contributed by atoms with Crippen molar-refractivity contribution in [2.75, 3.05) is 0 Å². The van der Waals surface area contributed by atoms with Crippen LogP contribution in [0.2, 0.25) is 0 Å². The summed E-state index contributed by atoms with van der Waals surface area (Å²) in [7, 11) is 0. The van der Waals surface area contributed by atoms with E-state index in [1.165, 1.54) is 0 Å². The van der Waals surface area contributed by atoms with E-state index in [2.05, 4.69) is 18.7 Å². The molecule has 0 saturated heterocycles. The van der Waals surface area contributed by atoms with Gasteiger partial charge in [0.2, 0.25) is 0 Å².